The van der Waals surface area contributed by atoms with Gasteiger partial charge in [0.2, 0.25) is 0 Å². The molecule has 0 radical (unpaired) electrons. The molecule has 0 aromatic carbocycles. The van der Waals surface area contributed by atoms with Crippen LogP contribution < -0.4 is 10.6 Å². The molecule has 1 aliphatic rings. The predicted molar refractivity (Wildman–Crippen MR) is 102 cm³/mol. The van der Waals surface area contributed by atoms with Crippen molar-refractivity contribution in [2.24, 2.45) is 4.99 Å². The topological polar surface area (TPSA) is 52.8 Å². The number of likely N-dealkylation sites (N-methyl/N-ethyl adjacent to an activating group) is 1. The molecule has 2 heterocycles. The summed E-state index contributed by atoms with van der Waals surface area (Å²) in [6.45, 7) is 9.08. The maximum Gasteiger partial charge on any atom is 0.191 e. The first-order valence-electron chi connectivity index (χ1n) is 8.12. The van der Waals surface area contributed by atoms with Crippen LogP contribution in [0.15, 0.2) is 27.8 Å². The number of aliphatic imine (C=N–C) groups is 1. The number of nitrogens with one attached hydrogen (secondary N) is 2. The fourth-order valence-corrected chi connectivity index (χ4v) is 2.82. The molecule has 1 atom stereocenters. The van der Waals surface area contributed by atoms with Crippen LogP contribution in [0.4, 0.5) is 0 Å². The molecule has 1 unspecified atom stereocenters. The van der Waals surface area contributed by atoms with E-state index < -0.39 is 0 Å². The number of hydrogen-bond donors (Lipinski definition) is 2. The first-order valence-corrected chi connectivity index (χ1v) is 8.12. The number of likely N-dealkylation sites (tertiary alicyclic amines) is 1. The predicted octanol–water partition coefficient (Wildman–Crippen LogP) is 2.83. The van der Waals surface area contributed by atoms with Crippen LogP contribution in [0.2, 0.25) is 0 Å². The molecule has 0 bridgehead atoms. The molecule has 1 saturated heterocycles. The van der Waals surface area contributed by atoms with Gasteiger partial charge in [-0.15, -0.1) is 24.0 Å². The molecular formula is C16H29IN4O. The third-order valence-corrected chi connectivity index (χ3v) is 3.98. The molecule has 6 heteroatoms. The summed E-state index contributed by atoms with van der Waals surface area (Å²) < 4.78 is 5.32. The normalized spacial score (nSPS) is 19.5. The lowest BCUT2D eigenvalue weighted by atomic mass is 10.0. The standard InChI is InChI=1S/C16H28N4O.HI/c1-3-17-16(19-13-15-9-7-11-21-15)18-12-14-8-5-6-10-20(14)4-2;/h7,9,11,14H,3-6,8,10,12-13H2,1-2H3,(H2,17,18,19);1H. The van der Waals surface area contributed by atoms with Crippen LogP contribution in [0.5, 0.6) is 0 Å². The maximum absolute atomic E-state index is 5.32. The third-order valence-electron chi connectivity index (χ3n) is 3.98. The molecule has 0 aliphatic carbocycles. The van der Waals surface area contributed by atoms with E-state index in [9.17, 15) is 0 Å². The molecule has 1 aromatic heterocycles. The lowest BCUT2D eigenvalue weighted by molar-refractivity contribution is 0.157. The Labute approximate surface area is 150 Å². The molecule has 2 rings (SSSR count). The van der Waals surface area contributed by atoms with Gasteiger partial charge in [-0.1, -0.05) is 13.3 Å². The summed E-state index contributed by atoms with van der Waals surface area (Å²) in [4.78, 5) is 7.14. The minimum atomic E-state index is 0. The number of guanidine groups is 1. The summed E-state index contributed by atoms with van der Waals surface area (Å²) in [6, 6.07) is 4.47. The van der Waals surface area contributed by atoms with Gasteiger partial charge in [-0.3, -0.25) is 4.90 Å². The Kier molecular flexibility index (Phi) is 9.54. The number of hydrogen-bond acceptors (Lipinski definition) is 3. The van der Waals surface area contributed by atoms with Crippen molar-refractivity contribution in [1.82, 2.24) is 15.5 Å². The zero-order valence-corrected chi connectivity index (χ0v) is 16.0. The van der Waals surface area contributed by atoms with Gasteiger partial charge in [0.15, 0.2) is 5.96 Å². The monoisotopic (exact) mass is 420 g/mol. The van der Waals surface area contributed by atoms with E-state index in [1.807, 2.05) is 12.1 Å². The summed E-state index contributed by atoms with van der Waals surface area (Å²) in [5.41, 5.74) is 0. The van der Waals surface area contributed by atoms with E-state index in [1.54, 1.807) is 6.26 Å². The molecule has 126 valence electrons. The van der Waals surface area contributed by atoms with E-state index in [0.29, 0.717) is 12.6 Å². The van der Waals surface area contributed by atoms with Gasteiger partial charge < -0.3 is 15.1 Å². The highest BCUT2D eigenvalue weighted by Gasteiger charge is 2.20. The summed E-state index contributed by atoms with van der Waals surface area (Å²) >= 11 is 0. The van der Waals surface area contributed by atoms with Gasteiger partial charge in [-0.2, -0.15) is 0 Å². The van der Waals surface area contributed by atoms with Gasteiger partial charge in [0.1, 0.15) is 12.3 Å². The lowest BCUT2D eigenvalue weighted by Gasteiger charge is -2.35. The molecule has 22 heavy (non-hydrogen) atoms. The fourth-order valence-electron chi connectivity index (χ4n) is 2.82. The van der Waals surface area contributed by atoms with Crippen LogP contribution in [0.3, 0.4) is 0 Å². The van der Waals surface area contributed by atoms with Crippen LogP contribution in [0.25, 0.3) is 0 Å². The second kappa shape index (κ2) is 10.9. The van der Waals surface area contributed by atoms with E-state index in [1.165, 1.54) is 25.8 Å². The maximum atomic E-state index is 5.32. The minimum Gasteiger partial charge on any atom is -0.467 e. The molecular weight excluding hydrogens is 391 g/mol. The minimum absolute atomic E-state index is 0. The van der Waals surface area contributed by atoms with Crippen molar-refractivity contribution in [3.63, 3.8) is 0 Å². The Morgan fingerprint density at radius 1 is 1.36 bits per heavy atom. The fraction of sp³-hybridized carbons (Fsp3) is 0.688. The molecule has 1 fully saturated rings. The smallest absolute Gasteiger partial charge is 0.191 e. The number of piperidine rings is 1. The number of nitrogens with zero attached hydrogens (tertiary/aromatic N) is 2. The van der Waals surface area contributed by atoms with Crippen LogP contribution in [0, 0.1) is 0 Å². The Morgan fingerprint density at radius 2 is 2.23 bits per heavy atom. The van der Waals surface area contributed by atoms with E-state index in [4.69, 9.17) is 4.42 Å². The lowest BCUT2D eigenvalue weighted by Crippen LogP contribution is -2.49. The summed E-state index contributed by atoms with van der Waals surface area (Å²) in [7, 11) is 0. The van der Waals surface area contributed by atoms with Crippen molar-refractivity contribution in [3.8, 4) is 0 Å². The molecule has 5 nitrogen and oxygen atoms in total. The number of furan rings is 1. The van der Waals surface area contributed by atoms with Crippen molar-refractivity contribution < 1.29 is 4.42 Å². The highest BCUT2D eigenvalue weighted by Crippen LogP contribution is 2.15. The van der Waals surface area contributed by atoms with Crippen molar-refractivity contribution in [2.45, 2.75) is 45.7 Å². The van der Waals surface area contributed by atoms with Crippen LogP contribution in [-0.2, 0) is 6.54 Å². The number of halogens is 1. The van der Waals surface area contributed by atoms with Crippen molar-refractivity contribution in [1.29, 1.82) is 0 Å². The van der Waals surface area contributed by atoms with Crippen molar-refractivity contribution in [3.05, 3.63) is 24.2 Å². The quantitative estimate of drug-likeness (QED) is 0.422. The molecule has 0 saturated carbocycles. The molecule has 0 spiro atoms. The summed E-state index contributed by atoms with van der Waals surface area (Å²) in [5, 5.41) is 6.77. The van der Waals surface area contributed by atoms with Gasteiger partial charge in [0.05, 0.1) is 6.26 Å². The Balaban J connectivity index is 0.00000242. The van der Waals surface area contributed by atoms with Crippen LogP contribution in [-0.4, -0.2) is 43.1 Å². The van der Waals surface area contributed by atoms with E-state index in [-0.39, 0.29) is 24.0 Å². The summed E-state index contributed by atoms with van der Waals surface area (Å²) in [6.07, 6.45) is 5.63. The Bertz CT molecular complexity index is 422. The highest BCUT2D eigenvalue weighted by molar-refractivity contribution is 14.0. The van der Waals surface area contributed by atoms with Gasteiger partial charge >= 0.3 is 0 Å². The second-order valence-corrected chi connectivity index (χ2v) is 5.43. The largest absolute Gasteiger partial charge is 0.467 e. The van der Waals surface area contributed by atoms with Gasteiger partial charge in [-0.05, 0) is 45.0 Å². The molecule has 2 N–H and O–H groups in total. The van der Waals surface area contributed by atoms with E-state index in [0.717, 1.165) is 31.4 Å². The molecule has 0 amide bonds. The van der Waals surface area contributed by atoms with Crippen molar-refractivity contribution in [2.75, 3.05) is 26.2 Å². The molecule has 1 aliphatic heterocycles. The molecule has 1 aromatic rings. The van der Waals surface area contributed by atoms with Gasteiger partial charge in [0, 0.05) is 19.1 Å². The van der Waals surface area contributed by atoms with Gasteiger partial charge in [-0.25, -0.2) is 4.99 Å². The van der Waals surface area contributed by atoms with Gasteiger partial charge in [0.25, 0.3) is 0 Å². The Hall–Kier alpha value is -0.760. The first kappa shape index (κ1) is 19.3. The van der Waals surface area contributed by atoms with E-state index >= 15 is 0 Å². The highest BCUT2D eigenvalue weighted by atomic mass is 127. The zero-order chi connectivity index (χ0) is 14.9. The zero-order valence-electron chi connectivity index (χ0n) is 13.7. The average Bonchev–Trinajstić information content (AvgIpc) is 3.03. The SMILES string of the molecule is CCNC(=NCc1ccco1)NCC1CCCCN1CC.I. The van der Waals surface area contributed by atoms with Crippen LogP contribution in [0.1, 0.15) is 38.9 Å². The average molecular weight is 420 g/mol. The third kappa shape index (κ3) is 6.16. The van der Waals surface area contributed by atoms with Crippen molar-refractivity contribution >= 4 is 29.9 Å². The van der Waals surface area contributed by atoms with Crippen LogP contribution >= 0.6 is 24.0 Å². The first-order chi connectivity index (χ1) is 10.3. The summed E-state index contributed by atoms with van der Waals surface area (Å²) in [5.74, 6) is 1.76. The number of rotatable bonds is 6. The van der Waals surface area contributed by atoms with E-state index in [2.05, 4.69) is 34.4 Å². The Morgan fingerprint density at radius 3 is 2.91 bits per heavy atom. The second-order valence-electron chi connectivity index (χ2n) is 5.43.